The van der Waals surface area contributed by atoms with Gasteiger partial charge in [-0.3, -0.25) is 0 Å². The van der Waals surface area contributed by atoms with E-state index < -0.39 is 10.2 Å². The molecule has 0 aliphatic heterocycles. The standard InChI is InChI=1S/4C3H9N.2NO3.6H2O.2Pt/c4*1-3(2)4;2*2-1(3)4;;;;;;;;/h4*3H,4H2,1-2H3;;;6*1H2;;/q;;;;2*-1;;;;;;;2*+4/p-6. The summed E-state index contributed by atoms with van der Waals surface area (Å²) in [6, 6.07) is 1.33. The molecule has 212 valence electrons. The van der Waals surface area contributed by atoms with Crippen LogP contribution >= 0.6 is 0 Å². The Kier molecular flexibility index (Phi) is 260. The molecule has 0 bridgehead atoms. The van der Waals surface area contributed by atoms with Crippen LogP contribution in [-0.4, -0.2) is 67.2 Å². The molecule has 0 heterocycles. The number of nitrogens with zero attached hydrogens (tertiary/aromatic N) is 2. The van der Waals surface area contributed by atoms with Gasteiger partial charge in [-0.05, 0) is 24.2 Å². The summed E-state index contributed by atoms with van der Waals surface area (Å²) in [4.78, 5) is 16.5. The summed E-state index contributed by atoms with van der Waals surface area (Å²) in [5.74, 6) is 0. The zero-order chi connectivity index (χ0) is 21.5. The topological polar surface area (TPSA) is 416 Å². The van der Waals surface area contributed by atoms with E-state index in [0.29, 0.717) is 24.2 Å². The van der Waals surface area contributed by atoms with Crippen molar-refractivity contribution in [2.75, 3.05) is 0 Å². The van der Waals surface area contributed by atoms with E-state index in [4.69, 9.17) is 53.6 Å². The van der Waals surface area contributed by atoms with Gasteiger partial charge in [0.1, 0.15) is 0 Å². The summed E-state index contributed by atoms with van der Waals surface area (Å²) in [5, 5.41) is 29.5. The first-order valence-electron chi connectivity index (χ1n) is 7.05. The van der Waals surface area contributed by atoms with Crippen LogP contribution in [0.3, 0.4) is 0 Å². The minimum absolute atomic E-state index is 0. The van der Waals surface area contributed by atoms with E-state index in [-0.39, 0.29) is 75.0 Å². The zero-order valence-corrected chi connectivity index (χ0v) is 23.8. The molecular weight excluding hydrogens is 810 g/mol. The third-order valence-electron chi connectivity index (χ3n) is 0. The first-order chi connectivity index (χ1) is 10.4. The average molecular weight is 853 g/mol. The van der Waals surface area contributed by atoms with Gasteiger partial charge in [0.15, 0.2) is 0 Å². The molecule has 0 atom stereocenters. The van der Waals surface area contributed by atoms with Crippen molar-refractivity contribution < 1.29 is 85.2 Å². The van der Waals surface area contributed by atoms with Gasteiger partial charge >= 0.3 is 42.1 Å². The summed E-state index contributed by atoms with van der Waals surface area (Å²) in [7, 11) is 0. The third-order valence-corrected chi connectivity index (χ3v) is 0. The molecule has 18 nitrogen and oxygen atoms in total. The number of nitrogens with two attached hydrogens (primary N) is 4. The number of hydrogen-bond donors (Lipinski definition) is 4. The van der Waals surface area contributed by atoms with Crippen LogP contribution in [-0.2, 0) is 42.1 Å². The van der Waals surface area contributed by atoms with E-state index >= 15 is 0 Å². The van der Waals surface area contributed by atoms with Crippen molar-refractivity contribution in [1.29, 1.82) is 0 Å². The van der Waals surface area contributed by atoms with Crippen LogP contribution in [0.5, 0.6) is 0 Å². The molecule has 32 heavy (non-hydrogen) atoms. The second-order valence-corrected chi connectivity index (χ2v) is 5.42. The predicted octanol–water partition coefficient (Wildman–Crippen LogP) is -0.130. The van der Waals surface area contributed by atoms with E-state index in [2.05, 4.69) is 0 Å². The quantitative estimate of drug-likeness (QED) is 0.182. The van der Waals surface area contributed by atoms with Gasteiger partial charge in [0.25, 0.3) is 0 Å². The largest absolute Gasteiger partial charge is 4.00 e. The fraction of sp³-hybridized carbons (Fsp3) is 1.00. The number of hydrogen-bond acceptors (Lipinski definition) is 16. The summed E-state index contributed by atoms with van der Waals surface area (Å²) >= 11 is 0. The van der Waals surface area contributed by atoms with Crippen LogP contribution < -0.4 is 22.9 Å². The maximum atomic E-state index is 8.25. The normalized spacial score (nSPS) is 6.00. The SMILES string of the molecule is CC(C)N.CC(C)N.CC(C)N.CC(C)N.O=[N+]([O-])[O-].O=[N+]([O-])[O-].[OH-].[OH-].[OH-].[OH-].[OH-].[OH-].[Pt+4].[Pt+4]. The van der Waals surface area contributed by atoms with Crippen LogP contribution in [0, 0.1) is 30.6 Å². The molecule has 0 aliphatic carbocycles. The summed E-state index contributed by atoms with van der Waals surface area (Å²) in [6.45, 7) is 15.6. The Morgan fingerprint density at radius 3 is 0.438 bits per heavy atom. The number of rotatable bonds is 0. The summed E-state index contributed by atoms with van der Waals surface area (Å²) in [5.41, 5.74) is 20.4. The van der Waals surface area contributed by atoms with Gasteiger partial charge in [-0.15, -0.1) is 0 Å². The Balaban J connectivity index is -0.00000000964. The molecule has 0 radical (unpaired) electrons. The fourth-order valence-corrected chi connectivity index (χ4v) is 0. The Morgan fingerprint density at radius 1 is 0.438 bits per heavy atom. The van der Waals surface area contributed by atoms with Crippen LogP contribution in [0.25, 0.3) is 0 Å². The second-order valence-electron chi connectivity index (χ2n) is 5.42. The van der Waals surface area contributed by atoms with Crippen LogP contribution in [0.15, 0.2) is 0 Å². The molecule has 0 unspecified atom stereocenters. The van der Waals surface area contributed by atoms with Crippen LogP contribution in [0.4, 0.5) is 0 Å². The molecule has 0 fully saturated rings. The van der Waals surface area contributed by atoms with Gasteiger partial charge in [-0.25, -0.2) is 0 Å². The van der Waals surface area contributed by atoms with Gasteiger partial charge in [-0.1, -0.05) is 55.4 Å². The molecule has 0 spiro atoms. The second kappa shape index (κ2) is 86.8. The minimum Gasteiger partial charge on any atom is -0.870 e. The van der Waals surface area contributed by atoms with E-state index in [1.54, 1.807) is 0 Å². The maximum absolute atomic E-state index is 8.25. The van der Waals surface area contributed by atoms with E-state index in [9.17, 15) is 0 Å². The Morgan fingerprint density at radius 2 is 0.438 bits per heavy atom. The average Bonchev–Trinajstić information content (AvgIpc) is 2.08. The molecule has 0 saturated heterocycles. The molecule has 0 aromatic rings. The Labute approximate surface area is 218 Å². The molecule has 0 aromatic carbocycles. The van der Waals surface area contributed by atoms with Crippen molar-refractivity contribution in [2.24, 2.45) is 22.9 Å². The molecule has 0 saturated carbocycles. The van der Waals surface area contributed by atoms with Crippen molar-refractivity contribution in [3.05, 3.63) is 30.6 Å². The minimum atomic E-state index is -1.75. The van der Waals surface area contributed by atoms with Crippen molar-refractivity contribution in [1.82, 2.24) is 0 Å². The summed E-state index contributed by atoms with van der Waals surface area (Å²) in [6.07, 6.45) is 0. The van der Waals surface area contributed by atoms with Gasteiger partial charge < -0.3 is 86.4 Å². The van der Waals surface area contributed by atoms with Gasteiger partial charge in [0.2, 0.25) is 0 Å². The van der Waals surface area contributed by atoms with Crippen LogP contribution in [0.1, 0.15) is 55.4 Å². The third kappa shape index (κ3) is 60900. The maximum Gasteiger partial charge on any atom is 4.00 e. The van der Waals surface area contributed by atoms with Crippen molar-refractivity contribution in [3.63, 3.8) is 0 Å². The molecule has 0 aliphatic rings. The molecule has 0 amide bonds. The molecule has 14 N–H and O–H groups in total. The first kappa shape index (κ1) is 95.9. The Hall–Kier alpha value is -0.623. The van der Waals surface area contributed by atoms with Gasteiger partial charge in [-0.2, -0.15) is 0 Å². The van der Waals surface area contributed by atoms with E-state index in [0.717, 1.165) is 0 Å². The molecule has 20 heteroatoms. The smallest absolute Gasteiger partial charge is 0.870 e. The van der Waals surface area contributed by atoms with Crippen molar-refractivity contribution in [2.45, 2.75) is 79.6 Å². The van der Waals surface area contributed by atoms with E-state index in [1.807, 2.05) is 55.4 Å². The molecule has 0 rings (SSSR count). The zero-order valence-electron chi connectivity index (χ0n) is 19.3. The van der Waals surface area contributed by atoms with Crippen LogP contribution in [0.2, 0.25) is 0 Å². The van der Waals surface area contributed by atoms with Crippen molar-refractivity contribution >= 4 is 0 Å². The predicted molar refractivity (Wildman–Crippen MR) is 110 cm³/mol. The monoisotopic (exact) mass is 852 g/mol. The molecule has 0 aromatic heterocycles. The molecular formula is C12H42N6O12Pt2. The fourth-order valence-electron chi connectivity index (χ4n) is 0. The first-order valence-corrected chi connectivity index (χ1v) is 7.05. The Bertz CT molecular complexity index is 206. The van der Waals surface area contributed by atoms with Crippen molar-refractivity contribution in [3.8, 4) is 0 Å². The summed E-state index contributed by atoms with van der Waals surface area (Å²) < 4.78 is 0. The van der Waals surface area contributed by atoms with E-state index in [1.165, 1.54) is 0 Å². The van der Waals surface area contributed by atoms with Gasteiger partial charge in [0, 0.05) is 0 Å². The van der Waals surface area contributed by atoms with Gasteiger partial charge in [0.05, 0.1) is 10.2 Å².